The molecular weight excluding hydrogens is 372 g/mol. The van der Waals surface area contributed by atoms with E-state index in [-0.39, 0.29) is 11.8 Å². The summed E-state index contributed by atoms with van der Waals surface area (Å²) in [5, 5.41) is 0.856. The molecule has 0 aliphatic carbocycles. The number of pyridine rings is 1. The minimum absolute atomic E-state index is 0.196. The Kier molecular flexibility index (Phi) is 4.05. The molecule has 0 bridgehead atoms. The van der Waals surface area contributed by atoms with Gasteiger partial charge in [-0.15, -0.1) is 0 Å². The molecule has 0 unspecified atom stereocenters. The molecule has 0 radical (unpaired) electrons. The van der Waals surface area contributed by atoms with Gasteiger partial charge in [0, 0.05) is 32.1 Å². The van der Waals surface area contributed by atoms with Gasteiger partial charge in [-0.1, -0.05) is 29.8 Å². The number of para-hydroxylation sites is 1. The summed E-state index contributed by atoms with van der Waals surface area (Å²) in [6.45, 7) is 0. The van der Waals surface area contributed by atoms with Gasteiger partial charge in [-0.25, -0.2) is 4.99 Å². The van der Waals surface area contributed by atoms with E-state index in [0.717, 1.165) is 11.3 Å². The number of benzene rings is 1. The van der Waals surface area contributed by atoms with Crippen LogP contribution in [0.3, 0.4) is 0 Å². The summed E-state index contributed by atoms with van der Waals surface area (Å²) in [5.41, 5.74) is 2.48. The lowest BCUT2D eigenvalue weighted by atomic mass is 10.1. The van der Waals surface area contributed by atoms with E-state index < -0.39 is 0 Å². The SMILES string of the molecule is CN1C(=O)/C(=C2/C(=O)N(C)c3ccccc32)SC1=Nc1ccncc1Cl. The number of nitrogens with zero attached hydrogens (tertiary/aromatic N) is 4. The number of amidine groups is 1. The van der Waals surface area contributed by atoms with Crippen LogP contribution in [0.2, 0.25) is 5.02 Å². The lowest BCUT2D eigenvalue weighted by Crippen LogP contribution is -2.25. The van der Waals surface area contributed by atoms with Crippen molar-refractivity contribution >= 4 is 57.3 Å². The molecule has 0 N–H and O–H groups in total. The van der Waals surface area contributed by atoms with Crippen LogP contribution in [0.4, 0.5) is 11.4 Å². The van der Waals surface area contributed by atoms with Crippen molar-refractivity contribution in [3.05, 3.63) is 58.2 Å². The van der Waals surface area contributed by atoms with Crippen molar-refractivity contribution in [1.82, 2.24) is 9.88 Å². The second-order valence-corrected chi connectivity index (χ2v) is 7.16. The van der Waals surface area contributed by atoms with Crippen molar-refractivity contribution in [2.75, 3.05) is 19.0 Å². The molecule has 1 aromatic heterocycles. The largest absolute Gasteiger partial charge is 0.311 e. The van der Waals surface area contributed by atoms with Gasteiger partial charge >= 0.3 is 0 Å². The average Bonchev–Trinajstić information content (AvgIpc) is 3.06. The highest BCUT2D eigenvalue weighted by molar-refractivity contribution is 8.18. The van der Waals surface area contributed by atoms with Gasteiger partial charge in [0.1, 0.15) is 0 Å². The summed E-state index contributed by atoms with van der Waals surface area (Å²) in [6, 6.07) is 9.10. The fourth-order valence-electron chi connectivity index (χ4n) is 2.85. The van der Waals surface area contributed by atoms with Crippen LogP contribution >= 0.6 is 23.4 Å². The standard InChI is InChI=1S/C18H13ClN4O2S/c1-22-13-6-4-3-5-10(13)14(16(22)24)15-17(25)23(2)18(26-15)21-12-7-8-20-9-11(12)19/h3-9H,1-2H3/b15-14-,21-18?. The third-order valence-electron chi connectivity index (χ3n) is 4.23. The second-order valence-electron chi connectivity index (χ2n) is 5.77. The predicted octanol–water partition coefficient (Wildman–Crippen LogP) is 3.32. The zero-order valence-corrected chi connectivity index (χ0v) is 15.5. The van der Waals surface area contributed by atoms with Crippen molar-refractivity contribution < 1.29 is 9.59 Å². The van der Waals surface area contributed by atoms with E-state index in [9.17, 15) is 9.59 Å². The molecule has 0 spiro atoms. The number of aromatic nitrogens is 1. The molecule has 130 valence electrons. The number of aliphatic imine (C=N–C) groups is 1. The second kappa shape index (κ2) is 6.26. The van der Waals surface area contributed by atoms with Gasteiger partial charge in [0.15, 0.2) is 5.17 Å². The maximum absolute atomic E-state index is 12.8. The third-order valence-corrected chi connectivity index (χ3v) is 5.65. The monoisotopic (exact) mass is 384 g/mol. The summed E-state index contributed by atoms with van der Waals surface area (Å²) in [4.78, 5) is 37.3. The molecule has 26 heavy (non-hydrogen) atoms. The van der Waals surface area contributed by atoms with Crippen molar-refractivity contribution in [2.45, 2.75) is 0 Å². The van der Waals surface area contributed by atoms with Crippen molar-refractivity contribution in [3.8, 4) is 0 Å². The van der Waals surface area contributed by atoms with Crippen LogP contribution in [0.15, 0.2) is 52.6 Å². The number of carbonyl (C=O) groups excluding carboxylic acids is 2. The first-order chi connectivity index (χ1) is 12.5. The first-order valence-electron chi connectivity index (χ1n) is 7.75. The van der Waals surface area contributed by atoms with Crippen LogP contribution < -0.4 is 4.90 Å². The first kappa shape index (κ1) is 16.8. The quantitative estimate of drug-likeness (QED) is 0.707. The molecule has 0 atom stereocenters. The molecule has 6 nitrogen and oxygen atoms in total. The maximum atomic E-state index is 12.8. The summed E-state index contributed by atoms with van der Waals surface area (Å²) in [7, 11) is 3.33. The lowest BCUT2D eigenvalue weighted by Gasteiger charge is -2.08. The van der Waals surface area contributed by atoms with E-state index >= 15 is 0 Å². The number of thioether (sulfide) groups is 1. The molecule has 3 heterocycles. The van der Waals surface area contributed by atoms with E-state index in [1.54, 1.807) is 31.3 Å². The third kappa shape index (κ3) is 2.51. The van der Waals surface area contributed by atoms with E-state index in [0.29, 0.717) is 26.4 Å². The molecule has 1 fully saturated rings. The van der Waals surface area contributed by atoms with Gasteiger partial charge in [-0.05, 0) is 23.9 Å². The number of likely N-dealkylation sites (N-methyl/N-ethyl adjacent to an activating group) is 2. The molecule has 2 aliphatic heterocycles. The lowest BCUT2D eigenvalue weighted by molar-refractivity contribution is -0.121. The Morgan fingerprint density at radius 2 is 1.85 bits per heavy atom. The Morgan fingerprint density at radius 1 is 1.08 bits per heavy atom. The summed E-state index contributed by atoms with van der Waals surface area (Å²) in [5.74, 6) is -0.453. The number of carbonyl (C=O) groups is 2. The van der Waals surface area contributed by atoms with E-state index in [1.807, 2.05) is 24.3 Å². The molecule has 0 saturated carbocycles. The summed E-state index contributed by atoms with van der Waals surface area (Å²) < 4.78 is 0. The van der Waals surface area contributed by atoms with Crippen LogP contribution in [-0.2, 0) is 9.59 Å². The fraction of sp³-hybridized carbons (Fsp3) is 0.111. The van der Waals surface area contributed by atoms with Gasteiger partial charge < -0.3 is 4.90 Å². The van der Waals surface area contributed by atoms with Crippen LogP contribution in [-0.4, -0.2) is 41.0 Å². The summed E-state index contributed by atoms with van der Waals surface area (Å²) in [6.07, 6.45) is 3.07. The molecule has 2 aromatic rings. The van der Waals surface area contributed by atoms with E-state index in [4.69, 9.17) is 11.6 Å². The minimum atomic E-state index is -0.257. The van der Waals surface area contributed by atoms with Gasteiger partial charge in [-0.2, -0.15) is 0 Å². The van der Waals surface area contributed by atoms with Crippen LogP contribution in [0.1, 0.15) is 5.56 Å². The smallest absolute Gasteiger partial charge is 0.267 e. The fourth-order valence-corrected chi connectivity index (χ4v) is 4.08. The normalized spacial score (nSPS) is 21.1. The zero-order valence-electron chi connectivity index (χ0n) is 13.9. The first-order valence-corrected chi connectivity index (χ1v) is 8.94. The highest BCUT2D eigenvalue weighted by Crippen LogP contribution is 2.44. The zero-order chi connectivity index (χ0) is 18.4. The van der Waals surface area contributed by atoms with Gasteiger partial charge in [0.05, 0.1) is 26.9 Å². The highest BCUT2D eigenvalue weighted by atomic mass is 35.5. The number of hydrogen-bond donors (Lipinski definition) is 0. The Morgan fingerprint density at radius 3 is 2.62 bits per heavy atom. The van der Waals surface area contributed by atoms with Crippen molar-refractivity contribution in [2.24, 2.45) is 4.99 Å². The number of hydrogen-bond acceptors (Lipinski definition) is 5. The number of rotatable bonds is 1. The molecule has 8 heteroatoms. The Labute approximate surface area is 159 Å². The number of anilines is 1. The Bertz CT molecular complexity index is 1020. The molecular formula is C18H13ClN4O2S. The van der Waals surface area contributed by atoms with Crippen LogP contribution in [0.5, 0.6) is 0 Å². The number of halogens is 1. The van der Waals surface area contributed by atoms with E-state index in [1.165, 1.54) is 22.9 Å². The van der Waals surface area contributed by atoms with Crippen LogP contribution in [0, 0.1) is 0 Å². The Balaban J connectivity index is 1.83. The number of fused-ring (bicyclic) bond motifs is 1. The van der Waals surface area contributed by atoms with Gasteiger partial charge in [-0.3, -0.25) is 19.5 Å². The molecule has 1 aromatic carbocycles. The molecule has 2 amide bonds. The molecule has 2 aliphatic rings. The minimum Gasteiger partial charge on any atom is -0.311 e. The highest BCUT2D eigenvalue weighted by Gasteiger charge is 2.40. The van der Waals surface area contributed by atoms with Crippen molar-refractivity contribution in [3.63, 3.8) is 0 Å². The van der Waals surface area contributed by atoms with Gasteiger partial charge in [0.25, 0.3) is 11.8 Å². The summed E-state index contributed by atoms with van der Waals surface area (Å²) >= 11 is 7.28. The predicted molar refractivity (Wildman–Crippen MR) is 103 cm³/mol. The topological polar surface area (TPSA) is 65.9 Å². The maximum Gasteiger partial charge on any atom is 0.267 e. The Hall–Kier alpha value is -2.64. The van der Waals surface area contributed by atoms with E-state index in [2.05, 4.69) is 9.98 Å². The molecule has 1 saturated heterocycles. The average molecular weight is 385 g/mol. The number of amides is 2. The van der Waals surface area contributed by atoms with Gasteiger partial charge in [0.2, 0.25) is 0 Å². The molecule has 4 rings (SSSR count). The van der Waals surface area contributed by atoms with Crippen LogP contribution in [0.25, 0.3) is 5.57 Å². The van der Waals surface area contributed by atoms with Crippen molar-refractivity contribution in [1.29, 1.82) is 0 Å².